The molecule has 0 spiro atoms. The van der Waals surface area contributed by atoms with Crippen LogP contribution in [0.1, 0.15) is 11.1 Å². The molecule has 2 nitrogen and oxygen atoms in total. The second-order valence-corrected chi connectivity index (χ2v) is 7.36. The van der Waals surface area contributed by atoms with Gasteiger partial charge in [0.25, 0.3) is 0 Å². The second kappa shape index (κ2) is 7.12. The van der Waals surface area contributed by atoms with Gasteiger partial charge in [0.15, 0.2) is 9.84 Å². The van der Waals surface area contributed by atoms with Gasteiger partial charge in [0.1, 0.15) is 23.3 Å². The van der Waals surface area contributed by atoms with Crippen molar-refractivity contribution < 1.29 is 26.0 Å². The molecule has 0 fully saturated rings. The predicted octanol–water partition coefficient (Wildman–Crippen LogP) is 3.44. The van der Waals surface area contributed by atoms with Gasteiger partial charge in [0, 0.05) is 11.1 Å². The van der Waals surface area contributed by atoms with Crippen molar-refractivity contribution in [2.24, 2.45) is 0 Å². The Morgan fingerprint density at radius 2 is 0.957 bits per heavy atom. The average molecular weight is 346 g/mol. The van der Waals surface area contributed by atoms with Crippen LogP contribution < -0.4 is 0 Å². The minimum absolute atomic E-state index is 0.312. The van der Waals surface area contributed by atoms with E-state index >= 15 is 0 Å². The SMILES string of the molecule is O=S(=O)(CCc1c(F)cccc1F)CCc1c(F)cccc1F. The first-order valence-corrected chi connectivity index (χ1v) is 8.68. The van der Waals surface area contributed by atoms with E-state index < -0.39 is 44.6 Å². The van der Waals surface area contributed by atoms with E-state index in [1.807, 2.05) is 0 Å². The highest BCUT2D eigenvalue weighted by molar-refractivity contribution is 7.91. The standard InChI is InChI=1S/C16H14F4O2S/c17-13-3-1-4-14(18)11(13)7-9-23(21,22)10-8-12-15(19)5-2-6-16(12)20/h1-6H,7-10H2. The third-order valence-corrected chi connectivity index (χ3v) is 5.10. The Morgan fingerprint density at radius 1 is 0.652 bits per heavy atom. The summed E-state index contributed by atoms with van der Waals surface area (Å²) in [7, 11) is -3.71. The molecule has 0 aliphatic heterocycles. The van der Waals surface area contributed by atoms with Crippen LogP contribution in [-0.2, 0) is 22.7 Å². The minimum atomic E-state index is -3.71. The Hall–Kier alpha value is -1.89. The topological polar surface area (TPSA) is 34.1 Å². The van der Waals surface area contributed by atoms with Gasteiger partial charge in [-0.3, -0.25) is 0 Å². The maximum absolute atomic E-state index is 13.4. The number of hydrogen-bond donors (Lipinski definition) is 0. The normalized spacial score (nSPS) is 11.7. The van der Waals surface area contributed by atoms with Crippen molar-refractivity contribution in [3.05, 3.63) is 70.8 Å². The Kier molecular flexibility index (Phi) is 5.41. The molecule has 2 rings (SSSR count). The Morgan fingerprint density at radius 3 is 1.26 bits per heavy atom. The fourth-order valence-electron chi connectivity index (χ4n) is 2.16. The molecule has 0 unspecified atom stereocenters. The van der Waals surface area contributed by atoms with Crippen molar-refractivity contribution >= 4 is 9.84 Å². The Bertz CT molecular complexity index is 702. The average Bonchev–Trinajstić information content (AvgIpc) is 2.46. The molecule has 0 heterocycles. The fourth-order valence-corrected chi connectivity index (χ4v) is 3.39. The van der Waals surface area contributed by atoms with Crippen molar-refractivity contribution in [1.82, 2.24) is 0 Å². The van der Waals surface area contributed by atoms with Crippen LogP contribution in [0.25, 0.3) is 0 Å². The van der Waals surface area contributed by atoms with Crippen molar-refractivity contribution in [1.29, 1.82) is 0 Å². The smallest absolute Gasteiger partial charge is 0.150 e. The molecule has 2 aromatic rings. The van der Waals surface area contributed by atoms with Crippen LogP contribution >= 0.6 is 0 Å². The summed E-state index contributed by atoms with van der Waals surface area (Å²) >= 11 is 0. The van der Waals surface area contributed by atoms with Crippen LogP contribution in [0.5, 0.6) is 0 Å². The van der Waals surface area contributed by atoms with E-state index in [-0.39, 0.29) is 24.0 Å². The zero-order valence-corrected chi connectivity index (χ0v) is 12.8. The molecule has 23 heavy (non-hydrogen) atoms. The third kappa shape index (κ3) is 4.54. The number of hydrogen-bond acceptors (Lipinski definition) is 2. The lowest BCUT2D eigenvalue weighted by atomic mass is 10.1. The van der Waals surface area contributed by atoms with Crippen LogP contribution in [0, 0.1) is 23.3 Å². The Labute approximate surface area is 131 Å². The van der Waals surface area contributed by atoms with Gasteiger partial charge in [-0.1, -0.05) is 12.1 Å². The van der Waals surface area contributed by atoms with Crippen molar-refractivity contribution in [3.63, 3.8) is 0 Å². The molecule has 0 atom stereocenters. The summed E-state index contributed by atoms with van der Waals surface area (Å²) in [6.45, 7) is 0. The monoisotopic (exact) mass is 346 g/mol. The van der Waals surface area contributed by atoms with Crippen molar-refractivity contribution in [2.75, 3.05) is 11.5 Å². The van der Waals surface area contributed by atoms with Crippen LogP contribution in [0.2, 0.25) is 0 Å². The number of halogens is 4. The molecule has 0 amide bonds. The summed E-state index contributed by atoms with van der Waals surface area (Å²) in [5, 5.41) is 0. The summed E-state index contributed by atoms with van der Waals surface area (Å²) in [5.74, 6) is -4.27. The molecule has 7 heteroatoms. The van der Waals surface area contributed by atoms with E-state index in [0.717, 1.165) is 24.3 Å². The third-order valence-electron chi connectivity index (χ3n) is 3.45. The highest BCUT2D eigenvalue weighted by Gasteiger charge is 2.17. The van der Waals surface area contributed by atoms with E-state index in [4.69, 9.17) is 0 Å². The lowest BCUT2D eigenvalue weighted by Crippen LogP contribution is -2.17. The first-order valence-electron chi connectivity index (χ1n) is 6.86. The van der Waals surface area contributed by atoms with Gasteiger partial charge in [-0.25, -0.2) is 26.0 Å². The first kappa shape index (κ1) is 17.5. The minimum Gasteiger partial charge on any atom is -0.229 e. The lowest BCUT2D eigenvalue weighted by Gasteiger charge is -2.08. The molecule has 0 aromatic heterocycles. The zero-order valence-electron chi connectivity index (χ0n) is 12.0. The largest absolute Gasteiger partial charge is 0.229 e. The van der Waals surface area contributed by atoms with Gasteiger partial charge in [-0.05, 0) is 37.1 Å². The molecule has 0 N–H and O–H groups in total. The molecule has 0 saturated heterocycles. The molecule has 0 aliphatic carbocycles. The summed E-state index contributed by atoms with van der Waals surface area (Å²) in [4.78, 5) is 0. The number of rotatable bonds is 6. The Balaban J connectivity index is 2.03. The summed E-state index contributed by atoms with van der Waals surface area (Å²) in [6, 6.07) is 6.53. The molecule has 2 aromatic carbocycles. The number of benzene rings is 2. The van der Waals surface area contributed by atoms with E-state index in [1.54, 1.807) is 0 Å². The molecule has 0 aliphatic rings. The van der Waals surface area contributed by atoms with Gasteiger partial charge < -0.3 is 0 Å². The molecular weight excluding hydrogens is 332 g/mol. The molecular formula is C16H14F4O2S. The van der Waals surface area contributed by atoms with Gasteiger partial charge in [-0.2, -0.15) is 0 Å². The van der Waals surface area contributed by atoms with Gasteiger partial charge in [-0.15, -0.1) is 0 Å². The molecule has 0 bridgehead atoms. The highest BCUT2D eigenvalue weighted by Crippen LogP contribution is 2.16. The van der Waals surface area contributed by atoms with Gasteiger partial charge in [0.2, 0.25) is 0 Å². The second-order valence-electron chi connectivity index (χ2n) is 5.05. The van der Waals surface area contributed by atoms with Crippen LogP contribution in [-0.4, -0.2) is 19.9 Å². The fraction of sp³-hybridized carbons (Fsp3) is 0.250. The van der Waals surface area contributed by atoms with Crippen molar-refractivity contribution in [3.8, 4) is 0 Å². The van der Waals surface area contributed by atoms with E-state index in [1.165, 1.54) is 12.1 Å². The lowest BCUT2D eigenvalue weighted by molar-refractivity contribution is 0.553. The first-order chi connectivity index (χ1) is 10.8. The summed E-state index contributed by atoms with van der Waals surface area (Å²) in [5.41, 5.74) is -0.624. The van der Waals surface area contributed by atoms with Gasteiger partial charge in [0.05, 0.1) is 11.5 Å². The maximum atomic E-state index is 13.4. The highest BCUT2D eigenvalue weighted by atomic mass is 32.2. The van der Waals surface area contributed by atoms with E-state index in [9.17, 15) is 26.0 Å². The molecule has 0 saturated carbocycles. The number of sulfone groups is 1. The summed E-state index contributed by atoms with van der Waals surface area (Å²) in [6.07, 6.45) is -0.665. The van der Waals surface area contributed by atoms with E-state index in [2.05, 4.69) is 0 Å². The van der Waals surface area contributed by atoms with Crippen molar-refractivity contribution in [2.45, 2.75) is 12.8 Å². The zero-order chi connectivity index (χ0) is 17.0. The van der Waals surface area contributed by atoms with Gasteiger partial charge >= 0.3 is 0 Å². The van der Waals surface area contributed by atoms with Crippen LogP contribution in [0.3, 0.4) is 0 Å². The van der Waals surface area contributed by atoms with Crippen LogP contribution in [0.4, 0.5) is 17.6 Å². The predicted molar refractivity (Wildman–Crippen MR) is 78.8 cm³/mol. The summed E-state index contributed by atoms with van der Waals surface area (Å²) < 4.78 is 77.7. The maximum Gasteiger partial charge on any atom is 0.150 e. The molecule has 0 radical (unpaired) electrons. The van der Waals surface area contributed by atoms with E-state index in [0.29, 0.717) is 0 Å². The molecule has 124 valence electrons. The van der Waals surface area contributed by atoms with Crippen LogP contribution in [0.15, 0.2) is 36.4 Å². The quantitative estimate of drug-likeness (QED) is 0.751.